The Morgan fingerprint density at radius 2 is 1.81 bits per heavy atom. The summed E-state index contributed by atoms with van der Waals surface area (Å²) in [5.41, 5.74) is -0.563. The van der Waals surface area contributed by atoms with E-state index in [-0.39, 0.29) is 11.9 Å². The highest BCUT2D eigenvalue weighted by atomic mass is 32.2. The Morgan fingerprint density at radius 1 is 1.10 bits per heavy atom. The first-order valence-electron chi connectivity index (χ1n) is 7.53. The zero-order chi connectivity index (χ0) is 14.7. The molecule has 2 fully saturated rings. The van der Waals surface area contributed by atoms with Crippen molar-refractivity contribution in [3.8, 4) is 0 Å². The third kappa shape index (κ3) is 2.79. The molecule has 5 heteroatoms. The van der Waals surface area contributed by atoms with Gasteiger partial charge in [0.15, 0.2) is 0 Å². The maximum absolute atomic E-state index is 12.2. The Bertz CT molecular complexity index is 526. The molecule has 0 unspecified atom stereocenters. The highest BCUT2D eigenvalue weighted by Crippen LogP contribution is 2.37. The number of rotatable bonds is 4. The van der Waals surface area contributed by atoms with Crippen molar-refractivity contribution in [2.24, 2.45) is 0 Å². The Kier molecular flexibility index (Phi) is 4.19. The van der Waals surface area contributed by atoms with Gasteiger partial charge >= 0.3 is 6.03 Å². The molecule has 1 aliphatic carbocycles. The molecule has 2 aliphatic rings. The largest absolute Gasteiger partial charge is 0.325 e. The van der Waals surface area contributed by atoms with Crippen molar-refractivity contribution in [3.63, 3.8) is 0 Å². The minimum Gasteiger partial charge on any atom is -0.309 e. The Morgan fingerprint density at radius 3 is 2.52 bits per heavy atom. The predicted octanol–water partition coefficient (Wildman–Crippen LogP) is 3.03. The summed E-state index contributed by atoms with van der Waals surface area (Å²) in [5.74, 6) is 0.726. The van der Waals surface area contributed by atoms with Crippen LogP contribution in [0.4, 0.5) is 4.79 Å². The molecular weight excluding hydrogens is 284 g/mol. The van der Waals surface area contributed by atoms with Crippen LogP contribution in [0, 0.1) is 0 Å². The molecule has 0 bridgehead atoms. The van der Waals surface area contributed by atoms with Crippen LogP contribution in [-0.2, 0) is 4.79 Å². The maximum Gasteiger partial charge on any atom is 0.325 e. The van der Waals surface area contributed by atoms with E-state index in [0.717, 1.165) is 37.9 Å². The lowest BCUT2D eigenvalue weighted by Crippen LogP contribution is -2.51. The van der Waals surface area contributed by atoms with Crippen LogP contribution >= 0.6 is 11.8 Å². The van der Waals surface area contributed by atoms with Crippen molar-refractivity contribution in [3.05, 3.63) is 30.3 Å². The molecule has 112 valence electrons. The van der Waals surface area contributed by atoms with Crippen LogP contribution in [-0.4, -0.2) is 34.7 Å². The van der Waals surface area contributed by atoms with Gasteiger partial charge in [-0.2, -0.15) is 0 Å². The number of imide groups is 1. The minimum atomic E-state index is -0.563. The number of hydrogen-bond donors (Lipinski definition) is 1. The van der Waals surface area contributed by atoms with E-state index < -0.39 is 5.54 Å². The fraction of sp³-hybridized carbons (Fsp3) is 0.500. The fourth-order valence-electron chi connectivity index (χ4n) is 3.32. The maximum atomic E-state index is 12.2. The van der Waals surface area contributed by atoms with Crippen molar-refractivity contribution < 1.29 is 9.59 Å². The molecule has 0 radical (unpaired) electrons. The summed E-state index contributed by atoms with van der Waals surface area (Å²) in [4.78, 5) is 27.3. The van der Waals surface area contributed by atoms with Crippen molar-refractivity contribution in [2.75, 3.05) is 12.3 Å². The van der Waals surface area contributed by atoms with Crippen LogP contribution in [0.3, 0.4) is 0 Å². The molecule has 1 aromatic carbocycles. The van der Waals surface area contributed by atoms with Gasteiger partial charge in [0.25, 0.3) is 5.91 Å². The quantitative estimate of drug-likeness (QED) is 0.687. The molecule has 3 amide bonds. The van der Waals surface area contributed by atoms with Crippen molar-refractivity contribution in [1.29, 1.82) is 0 Å². The lowest BCUT2D eigenvalue weighted by molar-refractivity contribution is -0.128. The number of carbonyl (C=O) groups is 2. The van der Waals surface area contributed by atoms with Crippen LogP contribution in [0.5, 0.6) is 0 Å². The van der Waals surface area contributed by atoms with Gasteiger partial charge in [-0.1, -0.05) is 37.5 Å². The van der Waals surface area contributed by atoms with Crippen molar-refractivity contribution >= 4 is 23.7 Å². The minimum absolute atomic E-state index is 0.0862. The van der Waals surface area contributed by atoms with E-state index >= 15 is 0 Å². The SMILES string of the molecule is O=C1NC(=O)C2(CCCCC2)N1CCSc1ccccc1. The smallest absolute Gasteiger partial charge is 0.309 e. The summed E-state index contributed by atoms with van der Waals surface area (Å²) in [6, 6.07) is 9.93. The summed E-state index contributed by atoms with van der Waals surface area (Å²) >= 11 is 1.72. The predicted molar refractivity (Wildman–Crippen MR) is 83.2 cm³/mol. The summed E-state index contributed by atoms with van der Waals surface area (Å²) in [6.07, 6.45) is 4.84. The number of benzene rings is 1. The molecule has 3 rings (SSSR count). The number of nitrogens with zero attached hydrogens (tertiary/aromatic N) is 1. The fourth-order valence-corrected chi connectivity index (χ4v) is 4.18. The van der Waals surface area contributed by atoms with E-state index in [4.69, 9.17) is 0 Å². The number of carbonyl (C=O) groups excluding carboxylic acids is 2. The molecule has 1 saturated carbocycles. The molecule has 1 aromatic rings. The normalized spacial score (nSPS) is 20.9. The van der Waals surface area contributed by atoms with E-state index in [1.54, 1.807) is 16.7 Å². The number of hydrogen-bond acceptors (Lipinski definition) is 3. The van der Waals surface area contributed by atoms with Gasteiger partial charge in [0.2, 0.25) is 0 Å². The average Bonchev–Trinajstić information content (AvgIpc) is 2.73. The highest BCUT2D eigenvalue weighted by Gasteiger charge is 2.52. The molecule has 21 heavy (non-hydrogen) atoms. The van der Waals surface area contributed by atoms with Gasteiger partial charge in [-0.15, -0.1) is 11.8 Å². The molecule has 1 N–H and O–H groups in total. The van der Waals surface area contributed by atoms with Crippen LogP contribution in [0.1, 0.15) is 32.1 Å². The number of urea groups is 1. The summed E-state index contributed by atoms with van der Waals surface area (Å²) in [5, 5.41) is 2.51. The zero-order valence-corrected chi connectivity index (χ0v) is 12.8. The Labute approximate surface area is 129 Å². The van der Waals surface area contributed by atoms with Crippen LogP contribution in [0.2, 0.25) is 0 Å². The molecule has 1 heterocycles. The first kappa shape index (κ1) is 14.4. The zero-order valence-electron chi connectivity index (χ0n) is 12.0. The molecule has 4 nitrogen and oxygen atoms in total. The third-order valence-electron chi connectivity index (χ3n) is 4.41. The van der Waals surface area contributed by atoms with E-state index in [0.29, 0.717) is 6.54 Å². The number of amides is 3. The second-order valence-electron chi connectivity index (χ2n) is 5.66. The van der Waals surface area contributed by atoms with Gasteiger partial charge in [0.1, 0.15) is 5.54 Å². The van der Waals surface area contributed by atoms with E-state index in [9.17, 15) is 9.59 Å². The number of thioether (sulfide) groups is 1. The first-order chi connectivity index (χ1) is 10.2. The molecule has 1 saturated heterocycles. The van der Waals surface area contributed by atoms with E-state index in [1.807, 2.05) is 18.2 Å². The highest BCUT2D eigenvalue weighted by molar-refractivity contribution is 7.99. The number of nitrogens with one attached hydrogen (secondary N) is 1. The lowest BCUT2D eigenvalue weighted by Gasteiger charge is -2.38. The van der Waals surface area contributed by atoms with Crippen LogP contribution in [0.15, 0.2) is 35.2 Å². The van der Waals surface area contributed by atoms with Gasteiger partial charge < -0.3 is 4.90 Å². The molecular formula is C16H20N2O2S. The molecule has 0 atom stereocenters. The first-order valence-corrected chi connectivity index (χ1v) is 8.52. The topological polar surface area (TPSA) is 49.4 Å². The van der Waals surface area contributed by atoms with Gasteiger partial charge in [-0.3, -0.25) is 10.1 Å². The Hall–Kier alpha value is -1.49. The molecule has 1 aliphatic heterocycles. The third-order valence-corrected chi connectivity index (χ3v) is 5.40. The van der Waals surface area contributed by atoms with Crippen molar-refractivity contribution in [2.45, 2.75) is 42.5 Å². The van der Waals surface area contributed by atoms with E-state index in [1.165, 1.54) is 4.90 Å². The second-order valence-corrected chi connectivity index (χ2v) is 6.83. The summed E-state index contributed by atoms with van der Waals surface area (Å²) < 4.78 is 0. The molecule has 1 spiro atoms. The van der Waals surface area contributed by atoms with Gasteiger partial charge in [-0.25, -0.2) is 4.79 Å². The van der Waals surface area contributed by atoms with Gasteiger partial charge in [-0.05, 0) is 25.0 Å². The van der Waals surface area contributed by atoms with Crippen LogP contribution in [0.25, 0.3) is 0 Å². The second kappa shape index (κ2) is 6.10. The monoisotopic (exact) mass is 304 g/mol. The summed E-state index contributed by atoms with van der Waals surface area (Å²) in [6.45, 7) is 0.622. The summed E-state index contributed by atoms with van der Waals surface area (Å²) in [7, 11) is 0. The van der Waals surface area contributed by atoms with E-state index in [2.05, 4.69) is 17.4 Å². The van der Waals surface area contributed by atoms with Gasteiger partial charge in [0.05, 0.1) is 0 Å². The lowest BCUT2D eigenvalue weighted by atomic mass is 9.80. The van der Waals surface area contributed by atoms with Crippen molar-refractivity contribution in [1.82, 2.24) is 10.2 Å². The van der Waals surface area contributed by atoms with Crippen LogP contribution < -0.4 is 5.32 Å². The standard InChI is InChI=1S/C16H20N2O2S/c19-14-16(9-5-2-6-10-16)18(15(20)17-14)11-12-21-13-7-3-1-4-8-13/h1,3-4,7-8H,2,5-6,9-12H2,(H,17,19,20). The average molecular weight is 304 g/mol. The Balaban J connectivity index is 1.65. The molecule has 0 aromatic heterocycles. The van der Waals surface area contributed by atoms with Gasteiger partial charge in [0, 0.05) is 17.2 Å².